The number of amides is 1. The average molecular weight is 412 g/mol. The van der Waals surface area contributed by atoms with Crippen LogP contribution in [0.15, 0.2) is 36.8 Å². The van der Waals surface area contributed by atoms with Crippen molar-refractivity contribution in [3.05, 3.63) is 59.3 Å². The van der Waals surface area contributed by atoms with Crippen LogP contribution in [0.3, 0.4) is 0 Å². The normalized spacial score (nSPS) is 12.8. The SMILES string of the molecule is COC[C@@H](NC(=O)c1cnn2cc(C)cnc12)c1ccc(OC(F)(F)F)c(F)c1. The highest BCUT2D eigenvalue weighted by atomic mass is 19.4. The van der Waals surface area contributed by atoms with E-state index >= 15 is 0 Å². The van der Waals surface area contributed by atoms with Crippen LogP contribution in [0.2, 0.25) is 0 Å². The first-order valence-corrected chi connectivity index (χ1v) is 8.33. The summed E-state index contributed by atoms with van der Waals surface area (Å²) in [4.78, 5) is 16.8. The Morgan fingerprint density at radius 2 is 2.07 bits per heavy atom. The van der Waals surface area contributed by atoms with Crippen molar-refractivity contribution >= 4 is 11.6 Å². The lowest BCUT2D eigenvalue weighted by Gasteiger charge is -2.19. The number of carbonyl (C=O) groups excluding carboxylic acids is 1. The van der Waals surface area contributed by atoms with E-state index in [2.05, 4.69) is 20.1 Å². The van der Waals surface area contributed by atoms with Gasteiger partial charge in [-0.15, -0.1) is 13.2 Å². The summed E-state index contributed by atoms with van der Waals surface area (Å²) in [6.07, 6.45) is -0.408. The van der Waals surface area contributed by atoms with Gasteiger partial charge in [0.15, 0.2) is 17.2 Å². The number of carbonyl (C=O) groups is 1. The van der Waals surface area contributed by atoms with Crippen molar-refractivity contribution in [2.45, 2.75) is 19.3 Å². The van der Waals surface area contributed by atoms with Gasteiger partial charge in [-0.05, 0) is 30.2 Å². The highest BCUT2D eigenvalue weighted by Gasteiger charge is 2.32. The molecule has 0 saturated carbocycles. The highest BCUT2D eigenvalue weighted by molar-refractivity contribution is 5.99. The molecule has 0 unspecified atom stereocenters. The summed E-state index contributed by atoms with van der Waals surface area (Å²) >= 11 is 0. The molecule has 0 bridgehead atoms. The molecule has 0 radical (unpaired) electrons. The molecule has 1 aromatic carbocycles. The zero-order valence-corrected chi connectivity index (χ0v) is 15.3. The minimum Gasteiger partial charge on any atom is -0.403 e. The van der Waals surface area contributed by atoms with Crippen molar-refractivity contribution in [3.63, 3.8) is 0 Å². The van der Waals surface area contributed by atoms with Crippen LogP contribution >= 0.6 is 0 Å². The molecule has 0 aliphatic heterocycles. The Morgan fingerprint density at radius 3 is 2.72 bits per heavy atom. The van der Waals surface area contributed by atoms with Gasteiger partial charge in [0.05, 0.1) is 18.8 Å². The summed E-state index contributed by atoms with van der Waals surface area (Å²) in [5.74, 6) is -2.73. The molecule has 0 aliphatic rings. The summed E-state index contributed by atoms with van der Waals surface area (Å²) in [5, 5.41) is 6.72. The fourth-order valence-corrected chi connectivity index (χ4v) is 2.69. The van der Waals surface area contributed by atoms with Crippen molar-refractivity contribution in [1.29, 1.82) is 0 Å². The number of nitrogens with one attached hydrogen (secondary N) is 1. The lowest BCUT2D eigenvalue weighted by Crippen LogP contribution is -2.31. The molecule has 0 aliphatic carbocycles. The highest BCUT2D eigenvalue weighted by Crippen LogP contribution is 2.28. The first-order valence-electron chi connectivity index (χ1n) is 8.33. The molecule has 2 heterocycles. The molecular weight excluding hydrogens is 396 g/mol. The number of hydrogen-bond donors (Lipinski definition) is 1. The van der Waals surface area contributed by atoms with Gasteiger partial charge in [0.25, 0.3) is 5.91 Å². The minimum absolute atomic E-state index is 0.0452. The van der Waals surface area contributed by atoms with Crippen LogP contribution in [-0.2, 0) is 4.74 Å². The maximum Gasteiger partial charge on any atom is 0.573 e. The van der Waals surface area contributed by atoms with Crippen LogP contribution in [0.1, 0.15) is 27.5 Å². The third-order valence-electron chi connectivity index (χ3n) is 3.95. The molecule has 2 aromatic heterocycles. The van der Waals surface area contributed by atoms with E-state index in [1.165, 1.54) is 23.9 Å². The third-order valence-corrected chi connectivity index (χ3v) is 3.95. The topological polar surface area (TPSA) is 77.8 Å². The predicted octanol–water partition coefficient (Wildman–Crippen LogP) is 3.19. The molecule has 11 heteroatoms. The zero-order chi connectivity index (χ0) is 21.2. The van der Waals surface area contributed by atoms with Crippen LogP contribution < -0.4 is 10.1 Å². The monoisotopic (exact) mass is 412 g/mol. The number of rotatable bonds is 6. The average Bonchev–Trinajstić information content (AvgIpc) is 3.05. The number of aromatic nitrogens is 3. The number of methoxy groups -OCH3 is 1. The molecule has 0 spiro atoms. The Labute approximate surface area is 162 Å². The van der Waals surface area contributed by atoms with E-state index < -0.39 is 29.9 Å². The van der Waals surface area contributed by atoms with Crippen molar-refractivity contribution in [1.82, 2.24) is 19.9 Å². The van der Waals surface area contributed by atoms with Crippen LogP contribution in [0.4, 0.5) is 17.6 Å². The number of nitrogens with zero attached hydrogens (tertiary/aromatic N) is 3. The number of halogens is 4. The standard InChI is InChI=1S/C18H16F4N4O3/c1-10-6-23-16-12(7-24-26(16)8-10)17(27)25-14(9-28-2)11-3-4-15(13(19)5-11)29-18(20,21)22/h3-8,14H,9H2,1-2H3,(H,25,27)/t14-/m1/s1. The number of ether oxygens (including phenoxy) is 2. The van der Waals surface area contributed by atoms with Crippen LogP contribution in [0.5, 0.6) is 5.75 Å². The molecule has 7 nitrogen and oxygen atoms in total. The summed E-state index contributed by atoms with van der Waals surface area (Å²) in [7, 11) is 1.37. The van der Waals surface area contributed by atoms with Gasteiger partial charge in [0, 0.05) is 19.5 Å². The molecule has 0 fully saturated rings. The smallest absolute Gasteiger partial charge is 0.403 e. The van der Waals surface area contributed by atoms with Crippen LogP contribution in [0.25, 0.3) is 5.65 Å². The molecule has 1 N–H and O–H groups in total. The van der Waals surface area contributed by atoms with Gasteiger partial charge in [-0.3, -0.25) is 4.79 Å². The van der Waals surface area contributed by atoms with E-state index in [1.54, 1.807) is 12.4 Å². The summed E-state index contributed by atoms with van der Waals surface area (Å²) in [5.41, 5.74) is 1.56. The number of hydrogen-bond acceptors (Lipinski definition) is 5. The van der Waals surface area contributed by atoms with Gasteiger partial charge in [-0.2, -0.15) is 5.10 Å². The summed E-state index contributed by atoms with van der Waals surface area (Å²) in [6.45, 7) is 1.78. The van der Waals surface area contributed by atoms with Crippen LogP contribution in [0, 0.1) is 12.7 Å². The van der Waals surface area contributed by atoms with E-state index in [4.69, 9.17) is 4.74 Å². The predicted molar refractivity (Wildman–Crippen MR) is 92.9 cm³/mol. The largest absolute Gasteiger partial charge is 0.573 e. The molecule has 1 amide bonds. The second kappa shape index (κ2) is 8.03. The van der Waals surface area contributed by atoms with E-state index in [-0.39, 0.29) is 17.7 Å². The lowest BCUT2D eigenvalue weighted by atomic mass is 10.1. The first-order chi connectivity index (χ1) is 13.7. The molecule has 29 heavy (non-hydrogen) atoms. The number of alkyl halides is 3. The first kappa shape index (κ1) is 20.5. The summed E-state index contributed by atoms with van der Waals surface area (Å²) in [6, 6.07) is 2.07. The van der Waals surface area contributed by atoms with Gasteiger partial charge in [0.2, 0.25) is 0 Å². The van der Waals surface area contributed by atoms with Gasteiger partial charge in [-0.25, -0.2) is 13.9 Å². The fourth-order valence-electron chi connectivity index (χ4n) is 2.69. The Balaban J connectivity index is 1.84. The maximum absolute atomic E-state index is 14.0. The third kappa shape index (κ3) is 4.80. The number of benzene rings is 1. The number of fused-ring (bicyclic) bond motifs is 1. The van der Waals surface area contributed by atoms with E-state index in [1.807, 2.05) is 6.92 Å². The van der Waals surface area contributed by atoms with Crippen molar-refractivity contribution in [2.75, 3.05) is 13.7 Å². The molecule has 0 saturated heterocycles. The quantitative estimate of drug-likeness (QED) is 0.630. The fraction of sp³-hybridized carbons (Fsp3) is 0.278. The minimum atomic E-state index is -5.02. The molecule has 1 atom stereocenters. The Hall–Kier alpha value is -3.21. The molecule has 3 aromatic rings. The van der Waals surface area contributed by atoms with E-state index in [0.29, 0.717) is 5.65 Å². The second-order valence-electron chi connectivity index (χ2n) is 6.18. The zero-order valence-electron chi connectivity index (χ0n) is 15.3. The molecule has 154 valence electrons. The van der Waals surface area contributed by atoms with E-state index in [0.717, 1.165) is 17.7 Å². The lowest BCUT2D eigenvalue weighted by molar-refractivity contribution is -0.275. The molecular formula is C18H16F4N4O3. The number of aryl methyl sites for hydroxylation is 1. The van der Waals surface area contributed by atoms with Gasteiger partial charge >= 0.3 is 6.36 Å². The van der Waals surface area contributed by atoms with Crippen molar-refractivity contribution in [3.8, 4) is 5.75 Å². The summed E-state index contributed by atoms with van der Waals surface area (Å²) < 4.78 is 61.0. The van der Waals surface area contributed by atoms with Crippen molar-refractivity contribution in [2.24, 2.45) is 0 Å². The second-order valence-corrected chi connectivity index (χ2v) is 6.18. The Kier molecular flexibility index (Phi) is 5.69. The van der Waals surface area contributed by atoms with E-state index in [9.17, 15) is 22.4 Å². The molecule has 3 rings (SSSR count). The Bertz CT molecular complexity index is 1040. The maximum atomic E-state index is 14.0. The van der Waals surface area contributed by atoms with Gasteiger partial charge in [0.1, 0.15) is 5.56 Å². The van der Waals surface area contributed by atoms with Crippen molar-refractivity contribution < 1.29 is 31.8 Å². The van der Waals surface area contributed by atoms with Gasteiger partial charge < -0.3 is 14.8 Å². The Morgan fingerprint density at radius 1 is 1.31 bits per heavy atom. The van der Waals surface area contributed by atoms with Crippen LogP contribution in [-0.4, -0.2) is 40.6 Å². The van der Waals surface area contributed by atoms with Gasteiger partial charge in [-0.1, -0.05) is 6.07 Å².